The molecule has 0 aromatic heterocycles. The van der Waals surface area contributed by atoms with Crippen molar-refractivity contribution in [2.24, 2.45) is 10.2 Å². The van der Waals surface area contributed by atoms with Crippen LogP contribution in [0.5, 0.6) is 0 Å². The van der Waals surface area contributed by atoms with Crippen LogP contribution in [0.1, 0.15) is 11.1 Å². The van der Waals surface area contributed by atoms with E-state index in [0.717, 1.165) is 5.56 Å². The minimum Gasteiger partial charge on any atom is -0.303 e. The molecule has 1 heterocycles. The predicted molar refractivity (Wildman–Crippen MR) is 103 cm³/mol. The van der Waals surface area contributed by atoms with Crippen LogP contribution in [0, 0.1) is 5.82 Å². The molecule has 0 spiro atoms. The van der Waals surface area contributed by atoms with Crippen LogP contribution >= 0.6 is 23.5 Å². The summed E-state index contributed by atoms with van der Waals surface area (Å²) in [6, 6.07) is 12.5. The van der Waals surface area contributed by atoms with Crippen LogP contribution in [0.15, 0.2) is 63.6 Å². The van der Waals surface area contributed by atoms with Gasteiger partial charge in [-0.25, -0.2) is 4.39 Å². The molecule has 1 saturated heterocycles. The number of amidine groups is 1. The summed E-state index contributed by atoms with van der Waals surface area (Å²) in [5, 5.41) is 10.5. The predicted octanol–water partition coefficient (Wildman–Crippen LogP) is 4.30. The molecule has 2 aromatic carbocycles. The van der Waals surface area contributed by atoms with Gasteiger partial charge in [-0.05, 0) is 41.8 Å². The highest BCUT2D eigenvalue weighted by atomic mass is 32.2. The number of amides is 1. The number of halogens is 3. The van der Waals surface area contributed by atoms with Crippen molar-refractivity contribution < 1.29 is 18.0 Å². The van der Waals surface area contributed by atoms with Gasteiger partial charge in [0.15, 0.2) is 5.17 Å². The van der Waals surface area contributed by atoms with Crippen molar-refractivity contribution in [3.63, 3.8) is 0 Å². The van der Waals surface area contributed by atoms with Crippen LogP contribution in [0.4, 0.5) is 13.2 Å². The van der Waals surface area contributed by atoms with Gasteiger partial charge in [0.1, 0.15) is 5.82 Å². The van der Waals surface area contributed by atoms with Crippen molar-refractivity contribution in [3.8, 4) is 0 Å². The minimum absolute atomic E-state index is 0.179. The Morgan fingerprint density at radius 2 is 1.85 bits per heavy atom. The van der Waals surface area contributed by atoms with Gasteiger partial charge in [-0.1, -0.05) is 47.8 Å². The smallest absolute Gasteiger partial charge is 0.288 e. The van der Waals surface area contributed by atoms with Crippen LogP contribution in [-0.2, 0) is 11.2 Å². The van der Waals surface area contributed by atoms with E-state index in [-0.39, 0.29) is 17.0 Å². The molecule has 1 amide bonds. The molecule has 0 bridgehead atoms. The van der Waals surface area contributed by atoms with E-state index < -0.39 is 5.76 Å². The number of carbonyl (C=O) groups excluding carboxylic acids is 1. The maximum absolute atomic E-state index is 12.8. The van der Waals surface area contributed by atoms with Gasteiger partial charge >= 0.3 is 0 Å². The Hall–Kier alpha value is -2.26. The Labute approximate surface area is 162 Å². The van der Waals surface area contributed by atoms with Crippen LogP contribution in [0.25, 0.3) is 0 Å². The van der Waals surface area contributed by atoms with E-state index >= 15 is 0 Å². The van der Waals surface area contributed by atoms with E-state index in [1.807, 2.05) is 0 Å². The lowest BCUT2D eigenvalue weighted by molar-refractivity contribution is -0.118. The highest BCUT2D eigenvalue weighted by molar-refractivity contribution is 8.15. The second-order valence-electron chi connectivity index (χ2n) is 5.52. The van der Waals surface area contributed by atoms with Crippen molar-refractivity contribution in [1.82, 2.24) is 5.32 Å². The topological polar surface area (TPSA) is 53.8 Å². The van der Waals surface area contributed by atoms with E-state index in [9.17, 15) is 18.0 Å². The summed E-state index contributed by atoms with van der Waals surface area (Å²) in [5.74, 6) is -2.97. The Morgan fingerprint density at radius 1 is 1.15 bits per heavy atom. The summed E-state index contributed by atoms with van der Waals surface area (Å²) in [4.78, 5) is 12.5. The minimum atomic E-state index is -2.46. The molecule has 2 aromatic rings. The summed E-state index contributed by atoms with van der Waals surface area (Å²) in [6.07, 6.45) is 1.92. The molecule has 1 atom stereocenters. The first-order chi connectivity index (χ1) is 13.0. The fraction of sp³-hybridized carbons (Fsp3) is 0.167. The summed E-state index contributed by atoms with van der Waals surface area (Å²) in [7, 11) is 0. The van der Waals surface area contributed by atoms with Gasteiger partial charge < -0.3 is 5.32 Å². The molecule has 0 radical (unpaired) electrons. The first-order valence-corrected chi connectivity index (χ1v) is 9.63. The number of hydrogen-bond acceptors (Lipinski definition) is 5. The average molecular weight is 409 g/mol. The maximum atomic E-state index is 12.8. The summed E-state index contributed by atoms with van der Waals surface area (Å²) < 4.78 is 37.5. The number of nitrogens with zero attached hydrogens (tertiary/aromatic N) is 2. The molecule has 0 unspecified atom stereocenters. The standard InChI is InChI=1S/C18H14F3N3OS2/c19-13-5-1-12(2-6-13)10-22-24-18-23-16(25)15(27-18)9-11-3-7-14(8-4-11)26-17(20)21/h1-8,10,15,17H,9H2,(H,23,24,25)/b22-10-/t15-/m0/s1. The number of hydrogen-bond donors (Lipinski definition) is 1. The fourth-order valence-electron chi connectivity index (χ4n) is 2.30. The van der Waals surface area contributed by atoms with E-state index in [1.54, 1.807) is 36.4 Å². The Balaban J connectivity index is 1.57. The number of nitrogens with one attached hydrogen (secondary N) is 1. The van der Waals surface area contributed by atoms with E-state index in [2.05, 4.69) is 15.5 Å². The van der Waals surface area contributed by atoms with E-state index in [0.29, 0.717) is 33.8 Å². The molecule has 1 aliphatic heterocycles. The molecule has 1 fully saturated rings. The number of benzene rings is 2. The molecule has 1 aliphatic rings. The maximum Gasteiger partial charge on any atom is 0.288 e. The molecule has 140 valence electrons. The average Bonchev–Trinajstić information content (AvgIpc) is 2.97. The first-order valence-electron chi connectivity index (χ1n) is 7.87. The van der Waals surface area contributed by atoms with Crippen molar-refractivity contribution >= 4 is 40.8 Å². The molecule has 3 rings (SSSR count). The third-order valence-corrected chi connectivity index (χ3v) is 5.37. The van der Waals surface area contributed by atoms with Gasteiger partial charge in [0.05, 0.1) is 11.5 Å². The zero-order valence-corrected chi connectivity index (χ0v) is 15.4. The third-order valence-electron chi connectivity index (χ3n) is 3.57. The monoisotopic (exact) mass is 409 g/mol. The summed E-state index contributed by atoms with van der Waals surface area (Å²) >= 11 is 1.74. The lowest BCUT2D eigenvalue weighted by atomic mass is 10.1. The molecule has 0 saturated carbocycles. The quantitative estimate of drug-likeness (QED) is 0.440. The fourth-order valence-corrected chi connectivity index (χ4v) is 3.77. The summed E-state index contributed by atoms with van der Waals surface area (Å²) in [6.45, 7) is 0. The van der Waals surface area contributed by atoms with Gasteiger partial charge in [0.25, 0.3) is 5.76 Å². The molecule has 9 heteroatoms. The first kappa shape index (κ1) is 19.5. The largest absolute Gasteiger partial charge is 0.303 e. The molecule has 0 aliphatic carbocycles. The van der Waals surface area contributed by atoms with E-state index in [1.165, 1.54) is 30.1 Å². The van der Waals surface area contributed by atoms with Crippen LogP contribution in [-0.4, -0.2) is 28.3 Å². The second-order valence-corrected chi connectivity index (χ2v) is 7.78. The Morgan fingerprint density at radius 3 is 2.52 bits per heavy atom. The van der Waals surface area contributed by atoms with Gasteiger partial charge in [0.2, 0.25) is 5.91 Å². The number of rotatable bonds is 6. The number of alkyl halides is 2. The Bertz CT molecular complexity index is 855. The lowest BCUT2D eigenvalue weighted by Crippen LogP contribution is -2.25. The van der Waals surface area contributed by atoms with Gasteiger partial charge in [0, 0.05) is 4.90 Å². The summed E-state index contributed by atoms with van der Waals surface area (Å²) in [5.41, 5.74) is 1.56. The number of thioether (sulfide) groups is 2. The molecule has 27 heavy (non-hydrogen) atoms. The Kier molecular flexibility index (Phi) is 6.57. The highest BCUT2D eigenvalue weighted by Gasteiger charge is 2.30. The van der Waals surface area contributed by atoms with Crippen LogP contribution < -0.4 is 5.32 Å². The zero-order chi connectivity index (χ0) is 19.2. The van der Waals surface area contributed by atoms with Crippen molar-refractivity contribution in [2.45, 2.75) is 22.3 Å². The molecular weight excluding hydrogens is 395 g/mol. The normalized spacial score (nSPS) is 18.6. The second kappa shape index (κ2) is 9.09. The van der Waals surface area contributed by atoms with Crippen molar-refractivity contribution in [1.29, 1.82) is 0 Å². The van der Waals surface area contributed by atoms with Crippen LogP contribution in [0.2, 0.25) is 0 Å². The van der Waals surface area contributed by atoms with E-state index in [4.69, 9.17) is 0 Å². The molecule has 1 N–H and O–H groups in total. The zero-order valence-electron chi connectivity index (χ0n) is 13.8. The SMILES string of the molecule is O=C1N/C(=N\N=C/c2ccc(F)cc2)S[C@H]1Cc1ccc(SC(F)F)cc1. The van der Waals surface area contributed by atoms with Gasteiger partial charge in [-0.2, -0.15) is 13.9 Å². The lowest BCUT2D eigenvalue weighted by Gasteiger charge is -2.06. The van der Waals surface area contributed by atoms with Gasteiger partial charge in [-0.3, -0.25) is 4.79 Å². The number of carbonyl (C=O) groups is 1. The molecular formula is C18H14F3N3OS2. The van der Waals surface area contributed by atoms with Gasteiger partial charge in [-0.15, -0.1) is 5.10 Å². The van der Waals surface area contributed by atoms with Crippen molar-refractivity contribution in [3.05, 3.63) is 65.5 Å². The molecule has 4 nitrogen and oxygen atoms in total. The highest BCUT2D eigenvalue weighted by Crippen LogP contribution is 2.27. The van der Waals surface area contributed by atoms with Crippen molar-refractivity contribution in [2.75, 3.05) is 0 Å². The third kappa shape index (κ3) is 5.86. The van der Waals surface area contributed by atoms with Crippen LogP contribution in [0.3, 0.4) is 0 Å².